The van der Waals surface area contributed by atoms with E-state index in [9.17, 15) is 18.0 Å². The van der Waals surface area contributed by atoms with E-state index in [0.29, 0.717) is 24.3 Å². The SMILES string of the molecule is O=C(NCc1ccccc1)c1cccc(OCC(=O)N(C2CCCC2)[C@H]2CCS(=O)(=O)C2)c1. The van der Waals surface area contributed by atoms with E-state index in [1.807, 2.05) is 30.3 Å². The number of sulfone groups is 1. The zero-order valence-corrected chi connectivity index (χ0v) is 19.4. The summed E-state index contributed by atoms with van der Waals surface area (Å²) < 4.78 is 29.8. The molecule has 0 bridgehead atoms. The van der Waals surface area contributed by atoms with Crippen molar-refractivity contribution in [3.8, 4) is 5.75 Å². The lowest BCUT2D eigenvalue weighted by atomic mass is 10.1. The highest BCUT2D eigenvalue weighted by molar-refractivity contribution is 7.91. The molecule has 2 amide bonds. The van der Waals surface area contributed by atoms with Gasteiger partial charge in [-0.05, 0) is 43.0 Å². The number of carbonyl (C=O) groups excluding carboxylic acids is 2. The zero-order valence-electron chi connectivity index (χ0n) is 18.6. The highest BCUT2D eigenvalue weighted by Crippen LogP contribution is 2.29. The molecule has 2 aliphatic rings. The molecule has 0 radical (unpaired) electrons. The minimum atomic E-state index is -3.09. The van der Waals surface area contributed by atoms with Crippen molar-refractivity contribution in [1.29, 1.82) is 0 Å². The number of hydrogen-bond donors (Lipinski definition) is 1. The molecule has 2 aromatic rings. The number of amides is 2. The molecule has 176 valence electrons. The van der Waals surface area contributed by atoms with Crippen molar-refractivity contribution in [1.82, 2.24) is 10.2 Å². The first-order valence-electron chi connectivity index (χ1n) is 11.5. The normalized spacial score (nSPS) is 19.8. The van der Waals surface area contributed by atoms with E-state index in [1.165, 1.54) is 0 Å². The molecule has 0 spiro atoms. The highest BCUT2D eigenvalue weighted by Gasteiger charge is 2.39. The fourth-order valence-electron chi connectivity index (χ4n) is 4.71. The molecule has 1 heterocycles. The average Bonchev–Trinajstić information content (AvgIpc) is 3.47. The van der Waals surface area contributed by atoms with Gasteiger partial charge in [0.05, 0.1) is 11.5 Å². The summed E-state index contributed by atoms with van der Waals surface area (Å²) in [6, 6.07) is 16.2. The van der Waals surface area contributed by atoms with Gasteiger partial charge in [0.15, 0.2) is 16.4 Å². The van der Waals surface area contributed by atoms with Crippen LogP contribution in [-0.2, 0) is 21.2 Å². The van der Waals surface area contributed by atoms with Crippen LogP contribution in [0.15, 0.2) is 54.6 Å². The van der Waals surface area contributed by atoms with E-state index in [2.05, 4.69) is 5.32 Å². The summed E-state index contributed by atoms with van der Waals surface area (Å²) in [5, 5.41) is 2.88. The summed E-state index contributed by atoms with van der Waals surface area (Å²) in [5.41, 5.74) is 1.45. The molecular formula is C25H30N2O5S. The summed E-state index contributed by atoms with van der Waals surface area (Å²) in [5.74, 6) is 0.185. The molecule has 1 saturated heterocycles. The maximum atomic E-state index is 13.1. The fraction of sp³-hybridized carbons (Fsp3) is 0.440. The maximum absolute atomic E-state index is 13.1. The van der Waals surface area contributed by atoms with Crippen LogP contribution in [0.4, 0.5) is 0 Å². The molecule has 2 aromatic carbocycles. The first-order chi connectivity index (χ1) is 15.9. The number of ether oxygens (including phenoxy) is 1. The smallest absolute Gasteiger partial charge is 0.261 e. The van der Waals surface area contributed by atoms with Gasteiger partial charge in [-0.3, -0.25) is 9.59 Å². The van der Waals surface area contributed by atoms with Crippen LogP contribution < -0.4 is 10.1 Å². The number of carbonyl (C=O) groups is 2. The van der Waals surface area contributed by atoms with Crippen LogP contribution in [0, 0.1) is 0 Å². The van der Waals surface area contributed by atoms with Gasteiger partial charge in [0, 0.05) is 24.2 Å². The van der Waals surface area contributed by atoms with Crippen LogP contribution in [0.1, 0.15) is 48.0 Å². The van der Waals surface area contributed by atoms with E-state index >= 15 is 0 Å². The largest absolute Gasteiger partial charge is 0.484 e. The van der Waals surface area contributed by atoms with Crippen LogP contribution in [0.2, 0.25) is 0 Å². The third-order valence-corrected chi connectivity index (χ3v) is 8.11. The molecule has 8 heteroatoms. The minimum absolute atomic E-state index is 0.0340. The van der Waals surface area contributed by atoms with Gasteiger partial charge in [-0.15, -0.1) is 0 Å². The van der Waals surface area contributed by atoms with Gasteiger partial charge >= 0.3 is 0 Å². The molecule has 4 rings (SSSR count). The summed E-state index contributed by atoms with van der Waals surface area (Å²) in [7, 11) is -3.09. The molecule has 7 nitrogen and oxygen atoms in total. The molecule has 1 aliphatic heterocycles. The van der Waals surface area contributed by atoms with Crippen molar-refractivity contribution in [2.24, 2.45) is 0 Å². The predicted octanol–water partition coefficient (Wildman–Crippen LogP) is 2.95. The van der Waals surface area contributed by atoms with Crippen molar-refractivity contribution >= 4 is 21.7 Å². The second-order valence-electron chi connectivity index (χ2n) is 8.78. The number of benzene rings is 2. The van der Waals surface area contributed by atoms with Crippen LogP contribution in [-0.4, -0.2) is 55.3 Å². The van der Waals surface area contributed by atoms with E-state index in [0.717, 1.165) is 31.2 Å². The van der Waals surface area contributed by atoms with Crippen LogP contribution in [0.3, 0.4) is 0 Å². The summed E-state index contributed by atoms with van der Waals surface area (Å²) >= 11 is 0. The molecule has 2 fully saturated rings. The van der Waals surface area contributed by atoms with E-state index in [-0.39, 0.29) is 42.0 Å². The Hall–Kier alpha value is -2.87. The fourth-order valence-corrected chi connectivity index (χ4v) is 6.42. The van der Waals surface area contributed by atoms with E-state index in [1.54, 1.807) is 29.2 Å². The lowest BCUT2D eigenvalue weighted by molar-refractivity contribution is -0.137. The molecule has 1 N–H and O–H groups in total. The number of rotatable bonds is 8. The van der Waals surface area contributed by atoms with Gasteiger partial charge < -0.3 is 15.0 Å². The Morgan fingerprint density at radius 2 is 1.73 bits per heavy atom. The lowest BCUT2D eigenvalue weighted by Crippen LogP contribution is -2.48. The van der Waals surface area contributed by atoms with Crippen LogP contribution in [0.25, 0.3) is 0 Å². The predicted molar refractivity (Wildman–Crippen MR) is 126 cm³/mol. The van der Waals surface area contributed by atoms with E-state index < -0.39 is 9.84 Å². The second kappa shape index (κ2) is 10.4. The van der Waals surface area contributed by atoms with Gasteiger partial charge in [0.1, 0.15) is 5.75 Å². The first-order valence-corrected chi connectivity index (χ1v) is 13.3. The molecule has 0 aromatic heterocycles. The summed E-state index contributed by atoms with van der Waals surface area (Å²) in [6.07, 6.45) is 4.39. The monoisotopic (exact) mass is 470 g/mol. The van der Waals surface area contributed by atoms with Crippen molar-refractivity contribution in [3.63, 3.8) is 0 Å². The van der Waals surface area contributed by atoms with Gasteiger partial charge in [-0.2, -0.15) is 0 Å². The molecular weight excluding hydrogens is 440 g/mol. The van der Waals surface area contributed by atoms with Crippen molar-refractivity contribution in [2.75, 3.05) is 18.1 Å². The Kier molecular flexibility index (Phi) is 7.33. The standard InChI is InChI=1S/C25H30N2O5S/c28-24(27(21-10-4-5-11-21)22-13-14-33(30,31)18-22)17-32-23-12-6-9-20(15-23)25(29)26-16-19-7-2-1-3-8-19/h1-3,6-9,12,15,21-22H,4-5,10-11,13-14,16-18H2,(H,26,29)/t22-/m0/s1. The Labute approximate surface area is 195 Å². The van der Waals surface area contributed by atoms with Gasteiger partial charge in [-0.25, -0.2) is 8.42 Å². The average molecular weight is 471 g/mol. The summed E-state index contributed by atoms with van der Waals surface area (Å²) in [4.78, 5) is 27.4. The second-order valence-corrected chi connectivity index (χ2v) is 11.0. The minimum Gasteiger partial charge on any atom is -0.484 e. The van der Waals surface area contributed by atoms with Crippen molar-refractivity contribution in [3.05, 3.63) is 65.7 Å². The highest BCUT2D eigenvalue weighted by atomic mass is 32.2. The Morgan fingerprint density at radius 1 is 0.970 bits per heavy atom. The molecule has 0 unspecified atom stereocenters. The van der Waals surface area contributed by atoms with E-state index in [4.69, 9.17) is 4.74 Å². The molecule has 1 aliphatic carbocycles. The van der Waals surface area contributed by atoms with Crippen LogP contribution >= 0.6 is 0 Å². The van der Waals surface area contributed by atoms with Crippen molar-refractivity contribution < 1.29 is 22.7 Å². The third-order valence-electron chi connectivity index (χ3n) is 6.36. The van der Waals surface area contributed by atoms with Gasteiger partial charge in [0.25, 0.3) is 11.8 Å². The Bertz CT molecular complexity index is 1080. The lowest BCUT2D eigenvalue weighted by Gasteiger charge is -2.34. The molecule has 33 heavy (non-hydrogen) atoms. The van der Waals surface area contributed by atoms with Gasteiger partial charge in [0.2, 0.25) is 0 Å². The maximum Gasteiger partial charge on any atom is 0.261 e. The zero-order chi connectivity index (χ0) is 23.3. The van der Waals surface area contributed by atoms with Crippen molar-refractivity contribution in [2.45, 2.75) is 50.7 Å². The number of nitrogens with zero attached hydrogens (tertiary/aromatic N) is 1. The molecule has 1 saturated carbocycles. The molecule has 1 atom stereocenters. The Morgan fingerprint density at radius 3 is 2.42 bits per heavy atom. The third kappa shape index (κ3) is 6.13. The van der Waals surface area contributed by atoms with Crippen LogP contribution in [0.5, 0.6) is 5.75 Å². The van der Waals surface area contributed by atoms with Gasteiger partial charge in [-0.1, -0.05) is 49.2 Å². The Balaban J connectivity index is 1.37. The number of nitrogens with one attached hydrogen (secondary N) is 1. The first kappa shape index (κ1) is 23.3. The topological polar surface area (TPSA) is 92.8 Å². The number of hydrogen-bond acceptors (Lipinski definition) is 5. The quantitative estimate of drug-likeness (QED) is 0.640. The summed E-state index contributed by atoms with van der Waals surface area (Å²) in [6.45, 7) is 0.242.